The van der Waals surface area contributed by atoms with Gasteiger partial charge in [0, 0.05) is 18.2 Å². The van der Waals surface area contributed by atoms with Crippen molar-refractivity contribution in [3.05, 3.63) is 58.7 Å². The average molecular weight is 358 g/mol. The van der Waals surface area contributed by atoms with Crippen LogP contribution in [0, 0.1) is 6.92 Å². The number of aliphatic hydroxyl groups is 1. The minimum absolute atomic E-state index is 0.0935. The van der Waals surface area contributed by atoms with E-state index < -0.39 is 0 Å². The molecule has 0 aliphatic rings. The van der Waals surface area contributed by atoms with Crippen LogP contribution in [0.5, 0.6) is 11.5 Å². The van der Waals surface area contributed by atoms with Gasteiger partial charge >= 0.3 is 0 Å². The van der Waals surface area contributed by atoms with Crippen LogP contribution in [0.3, 0.4) is 0 Å². The molecule has 1 amide bonds. The number of phenolic OH excluding ortho intramolecular Hbond substituents is 1. The fourth-order valence-electron chi connectivity index (χ4n) is 2.43. The van der Waals surface area contributed by atoms with E-state index in [2.05, 4.69) is 10.5 Å². The number of likely N-dealkylation sites (N-methyl/N-ethyl adjacent to an activating group) is 1. The van der Waals surface area contributed by atoms with E-state index in [9.17, 15) is 15.0 Å². The quantitative estimate of drug-likeness (QED) is 0.518. The topological polar surface area (TPSA) is 100 Å². The minimum Gasteiger partial charge on any atom is -0.508 e. The molecule has 0 fully saturated rings. The first-order valence-electron chi connectivity index (χ1n) is 7.99. The molecule has 26 heavy (non-hydrogen) atoms. The highest BCUT2D eigenvalue weighted by molar-refractivity contribution is 6.45. The van der Waals surface area contributed by atoms with Crippen LogP contribution in [0.2, 0.25) is 0 Å². The predicted molar refractivity (Wildman–Crippen MR) is 97.2 cm³/mol. The summed E-state index contributed by atoms with van der Waals surface area (Å²) in [7, 11) is 2.88. The standard InChI is InChI=1S/C19H22N2O5/c1-12-8-17(14(10-22)9-16(12)23)26-11-13-6-4-5-7-15(13)18(21-25-3)19(24)20-2/h4-9,22-23H,10-11H2,1-3H3,(H,20,24)/b21-18+. The van der Waals surface area contributed by atoms with Gasteiger partial charge in [0.15, 0.2) is 5.71 Å². The summed E-state index contributed by atoms with van der Waals surface area (Å²) in [6.45, 7) is 1.62. The van der Waals surface area contributed by atoms with Crippen molar-refractivity contribution >= 4 is 11.6 Å². The number of nitrogens with zero attached hydrogens (tertiary/aromatic N) is 1. The molecule has 0 bridgehead atoms. The van der Waals surface area contributed by atoms with E-state index in [4.69, 9.17) is 9.57 Å². The molecule has 7 nitrogen and oxygen atoms in total. The van der Waals surface area contributed by atoms with E-state index in [1.54, 1.807) is 25.1 Å². The second-order valence-corrected chi connectivity index (χ2v) is 5.55. The number of carbonyl (C=O) groups is 1. The Morgan fingerprint density at radius 2 is 1.96 bits per heavy atom. The lowest BCUT2D eigenvalue weighted by Gasteiger charge is -2.15. The maximum atomic E-state index is 12.1. The number of carbonyl (C=O) groups excluding carboxylic acids is 1. The Kier molecular flexibility index (Phi) is 6.57. The Bertz CT molecular complexity index is 818. The number of oxime groups is 1. The van der Waals surface area contributed by atoms with Crippen LogP contribution in [0.15, 0.2) is 41.6 Å². The van der Waals surface area contributed by atoms with Crippen LogP contribution in [-0.4, -0.2) is 36.0 Å². The number of aliphatic hydroxyl groups excluding tert-OH is 1. The van der Waals surface area contributed by atoms with E-state index in [-0.39, 0.29) is 30.6 Å². The molecule has 0 aliphatic carbocycles. The van der Waals surface area contributed by atoms with E-state index in [1.807, 2.05) is 12.1 Å². The van der Waals surface area contributed by atoms with Gasteiger partial charge in [-0.25, -0.2) is 0 Å². The second kappa shape index (κ2) is 8.87. The number of phenols is 1. The summed E-state index contributed by atoms with van der Waals surface area (Å²) in [6, 6.07) is 10.3. The zero-order chi connectivity index (χ0) is 19.1. The summed E-state index contributed by atoms with van der Waals surface area (Å²) in [6.07, 6.45) is 0. The molecule has 0 aromatic heterocycles. The molecule has 138 valence electrons. The lowest BCUT2D eigenvalue weighted by molar-refractivity contribution is -0.114. The Morgan fingerprint density at radius 1 is 1.23 bits per heavy atom. The van der Waals surface area contributed by atoms with Gasteiger partial charge < -0.3 is 25.1 Å². The molecule has 2 aromatic carbocycles. The minimum atomic E-state index is -0.379. The van der Waals surface area contributed by atoms with E-state index in [0.717, 1.165) is 5.56 Å². The molecular formula is C19H22N2O5. The highest BCUT2D eigenvalue weighted by Gasteiger charge is 2.18. The largest absolute Gasteiger partial charge is 0.508 e. The second-order valence-electron chi connectivity index (χ2n) is 5.55. The molecule has 0 unspecified atom stereocenters. The van der Waals surface area contributed by atoms with Gasteiger partial charge in [-0.3, -0.25) is 4.79 Å². The van der Waals surface area contributed by atoms with Gasteiger partial charge in [-0.1, -0.05) is 29.4 Å². The van der Waals surface area contributed by atoms with Gasteiger partial charge in [0.2, 0.25) is 0 Å². The number of hydrogen-bond donors (Lipinski definition) is 3. The van der Waals surface area contributed by atoms with Gasteiger partial charge in [0.1, 0.15) is 25.2 Å². The molecule has 0 atom stereocenters. The first-order valence-corrected chi connectivity index (χ1v) is 7.99. The maximum Gasteiger partial charge on any atom is 0.273 e. The Labute approximate surface area is 151 Å². The average Bonchev–Trinajstić information content (AvgIpc) is 2.66. The smallest absolute Gasteiger partial charge is 0.273 e. The van der Waals surface area contributed by atoms with Crippen LogP contribution >= 0.6 is 0 Å². The van der Waals surface area contributed by atoms with Gasteiger partial charge in [-0.15, -0.1) is 0 Å². The molecule has 2 rings (SSSR count). The third-order valence-corrected chi connectivity index (χ3v) is 3.83. The summed E-state index contributed by atoms with van der Waals surface area (Å²) in [5.41, 5.74) is 2.55. The molecule has 3 N–H and O–H groups in total. The summed E-state index contributed by atoms with van der Waals surface area (Å²) >= 11 is 0. The van der Waals surface area contributed by atoms with Crippen molar-refractivity contribution in [2.24, 2.45) is 5.16 Å². The van der Waals surface area contributed by atoms with Gasteiger partial charge in [0.25, 0.3) is 5.91 Å². The molecule has 0 saturated heterocycles. The normalized spacial score (nSPS) is 11.2. The highest BCUT2D eigenvalue weighted by Crippen LogP contribution is 2.28. The van der Waals surface area contributed by atoms with Crippen molar-refractivity contribution in [2.45, 2.75) is 20.1 Å². The molecule has 0 saturated carbocycles. The number of hydrogen-bond acceptors (Lipinski definition) is 6. The summed E-state index contributed by atoms with van der Waals surface area (Å²) in [5, 5.41) is 25.6. The van der Waals surface area contributed by atoms with Crippen molar-refractivity contribution in [1.82, 2.24) is 5.32 Å². The summed E-state index contributed by atoms with van der Waals surface area (Å²) < 4.78 is 5.83. The number of aromatic hydroxyl groups is 1. The van der Waals surface area contributed by atoms with Crippen molar-refractivity contribution in [3.63, 3.8) is 0 Å². The van der Waals surface area contributed by atoms with E-state index in [0.29, 0.717) is 22.4 Å². The Morgan fingerprint density at radius 3 is 2.62 bits per heavy atom. The SMILES string of the molecule is CNC(=O)/C(=N/OC)c1ccccc1COc1cc(C)c(O)cc1CO. The lowest BCUT2D eigenvalue weighted by Crippen LogP contribution is -2.29. The number of benzene rings is 2. The first-order chi connectivity index (χ1) is 12.5. The zero-order valence-corrected chi connectivity index (χ0v) is 14.9. The highest BCUT2D eigenvalue weighted by atomic mass is 16.6. The molecule has 0 heterocycles. The van der Waals surface area contributed by atoms with Crippen LogP contribution < -0.4 is 10.1 Å². The number of rotatable bonds is 7. The third-order valence-electron chi connectivity index (χ3n) is 3.83. The number of nitrogens with one attached hydrogen (secondary N) is 1. The van der Waals surface area contributed by atoms with Gasteiger partial charge in [-0.2, -0.15) is 0 Å². The summed E-state index contributed by atoms with van der Waals surface area (Å²) in [5.74, 6) is 0.175. The predicted octanol–water partition coefficient (Wildman–Crippen LogP) is 1.87. The monoisotopic (exact) mass is 358 g/mol. The van der Waals surface area contributed by atoms with Crippen LogP contribution in [0.4, 0.5) is 0 Å². The molecule has 0 spiro atoms. The zero-order valence-electron chi connectivity index (χ0n) is 14.9. The van der Waals surface area contributed by atoms with Crippen LogP contribution in [-0.2, 0) is 22.8 Å². The summed E-state index contributed by atoms with van der Waals surface area (Å²) in [4.78, 5) is 16.9. The number of ether oxygens (including phenoxy) is 1. The fraction of sp³-hybridized carbons (Fsp3) is 0.263. The van der Waals surface area contributed by atoms with Gasteiger partial charge in [0.05, 0.1) is 6.61 Å². The number of aryl methyl sites for hydroxylation is 1. The maximum absolute atomic E-state index is 12.1. The molecule has 0 radical (unpaired) electrons. The Balaban J connectivity index is 2.33. The van der Waals surface area contributed by atoms with E-state index >= 15 is 0 Å². The molecule has 2 aromatic rings. The fourth-order valence-corrected chi connectivity index (χ4v) is 2.43. The van der Waals surface area contributed by atoms with Crippen molar-refractivity contribution in [1.29, 1.82) is 0 Å². The molecule has 0 aliphatic heterocycles. The van der Waals surface area contributed by atoms with E-state index in [1.165, 1.54) is 20.2 Å². The van der Waals surface area contributed by atoms with Crippen molar-refractivity contribution in [3.8, 4) is 11.5 Å². The molecule has 7 heteroatoms. The van der Waals surface area contributed by atoms with Crippen LogP contribution in [0.1, 0.15) is 22.3 Å². The number of amides is 1. The Hall–Kier alpha value is -3.06. The van der Waals surface area contributed by atoms with Crippen molar-refractivity contribution < 1.29 is 24.6 Å². The lowest BCUT2D eigenvalue weighted by atomic mass is 10.0. The molecular weight excluding hydrogens is 336 g/mol. The van der Waals surface area contributed by atoms with Crippen molar-refractivity contribution in [2.75, 3.05) is 14.2 Å². The van der Waals surface area contributed by atoms with Crippen LogP contribution in [0.25, 0.3) is 0 Å². The third kappa shape index (κ3) is 4.31. The van der Waals surface area contributed by atoms with Gasteiger partial charge in [-0.05, 0) is 30.2 Å². The first kappa shape index (κ1) is 19.3.